The molecule has 0 fully saturated rings. The lowest BCUT2D eigenvalue weighted by atomic mass is 9.71. The fourth-order valence-electron chi connectivity index (χ4n) is 5.77. The number of ether oxygens (including phenoxy) is 2. The zero-order valence-electron chi connectivity index (χ0n) is 21.9. The fraction of sp³-hybridized carbons (Fsp3) is 0.367. The molecule has 1 N–H and O–H groups in total. The van der Waals surface area contributed by atoms with Crippen LogP contribution in [0.5, 0.6) is 11.5 Å². The van der Waals surface area contributed by atoms with Crippen molar-refractivity contribution in [2.75, 3.05) is 26.1 Å². The molecule has 0 atom stereocenters. The largest absolute Gasteiger partial charge is 0.493 e. The topological polar surface area (TPSA) is 84.9 Å². The maximum absolute atomic E-state index is 13.2. The monoisotopic (exact) mass is 534 g/mol. The number of para-hydroxylation sites is 1. The Morgan fingerprint density at radius 1 is 1.03 bits per heavy atom. The van der Waals surface area contributed by atoms with Crippen LogP contribution in [0.1, 0.15) is 55.6 Å². The van der Waals surface area contributed by atoms with Crippen molar-refractivity contribution in [2.24, 2.45) is 0 Å². The maximum Gasteiger partial charge on any atom is 0.262 e. The number of rotatable bonds is 6. The highest BCUT2D eigenvalue weighted by Crippen LogP contribution is 2.50. The van der Waals surface area contributed by atoms with Gasteiger partial charge in [-0.25, -0.2) is 0 Å². The summed E-state index contributed by atoms with van der Waals surface area (Å²) in [4.78, 5) is 41.1. The van der Waals surface area contributed by atoms with Gasteiger partial charge in [-0.3, -0.25) is 14.4 Å². The molecule has 0 unspecified atom stereocenters. The van der Waals surface area contributed by atoms with Crippen LogP contribution in [-0.4, -0.2) is 43.1 Å². The van der Waals surface area contributed by atoms with E-state index in [1.54, 1.807) is 12.1 Å². The van der Waals surface area contributed by atoms with Crippen molar-refractivity contribution < 1.29 is 23.9 Å². The van der Waals surface area contributed by atoms with Crippen LogP contribution < -0.4 is 14.8 Å². The molecular formula is C30H31ClN2O5. The first-order valence-electron chi connectivity index (χ1n) is 12.9. The lowest BCUT2D eigenvalue weighted by Crippen LogP contribution is -2.37. The minimum atomic E-state index is -0.499. The molecule has 5 rings (SSSR count). The van der Waals surface area contributed by atoms with Crippen LogP contribution in [0.4, 0.5) is 5.69 Å². The maximum atomic E-state index is 13.2. The van der Waals surface area contributed by atoms with Crippen LogP contribution in [0.3, 0.4) is 0 Å². The van der Waals surface area contributed by atoms with Crippen molar-refractivity contribution >= 4 is 34.8 Å². The number of anilines is 1. The number of benzene rings is 2. The van der Waals surface area contributed by atoms with Gasteiger partial charge in [-0.2, -0.15) is 0 Å². The average Bonchev–Trinajstić information content (AvgIpc) is 2.90. The first-order chi connectivity index (χ1) is 18.3. The van der Waals surface area contributed by atoms with Gasteiger partial charge in [-0.1, -0.05) is 29.8 Å². The van der Waals surface area contributed by atoms with E-state index < -0.39 is 5.92 Å². The number of ketones is 2. The van der Waals surface area contributed by atoms with E-state index in [9.17, 15) is 14.4 Å². The summed E-state index contributed by atoms with van der Waals surface area (Å²) in [6.45, 7) is 1.65. The van der Waals surface area contributed by atoms with Gasteiger partial charge in [-0.15, -0.1) is 0 Å². The van der Waals surface area contributed by atoms with Gasteiger partial charge in [0.1, 0.15) is 0 Å². The molecule has 0 aromatic heterocycles. The normalized spacial score (nSPS) is 17.8. The first kappa shape index (κ1) is 26.0. The molecule has 0 saturated carbocycles. The van der Waals surface area contributed by atoms with Gasteiger partial charge in [-0.05, 0) is 61.9 Å². The molecule has 1 aliphatic heterocycles. The summed E-state index contributed by atoms with van der Waals surface area (Å²) in [5, 5.41) is 3.08. The SMILES string of the molecule is COc1cc(C2C3=C(CCCC3=O)N(C)C3=C2C(=O)CCC3)cc(Cl)c1OCC(=O)Nc1ccccc1C. The zero-order valence-corrected chi connectivity index (χ0v) is 22.6. The molecule has 2 aromatic rings. The highest BCUT2D eigenvalue weighted by atomic mass is 35.5. The molecule has 8 heteroatoms. The van der Waals surface area contributed by atoms with Crippen molar-refractivity contribution in [1.82, 2.24) is 4.90 Å². The first-order valence-corrected chi connectivity index (χ1v) is 13.3. The predicted molar refractivity (Wildman–Crippen MR) is 146 cm³/mol. The third-order valence-electron chi connectivity index (χ3n) is 7.60. The van der Waals surface area contributed by atoms with Crippen molar-refractivity contribution in [3.63, 3.8) is 0 Å². The molecule has 0 bridgehead atoms. The predicted octanol–water partition coefficient (Wildman–Crippen LogP) is 5.72. The minimum Gasteiger partial charge on any atom is -0.493 e. The molecule has 0 radical (unpaired) electrons. The van der Waals surface area contributed by atoms with Gasteiger partial charge >= 0.3 is 0 Å². The third-order valence-corrected chi connectivity index (χ3v) is 7.88. The lowest BCUT2D eigenvalue weighted by Gasteiger charge is -2.42. The smallest absolute Gasteiger partial charge is 0.262 e. The summed E-state index contributed by atoms with van der Waals surface area (Å²) in [5.41, 5.74) is 5.69. The number of aryl methyl sites for hydroxylation is 1. The summed E-state index contributed by atoms with van der Waals surface area (Å²) in [6, 6.07) is 11.0. The molecule has 38 heavy (non-hydrogen) atoms. The summed E-state index contributed by atoms with van der Waals surface area (Å²) in [6.07, 6.45) is 4.10. The Morgan fingerprint density at radius 3 is 2.26 bits per heavy atom. The number of allylic oxidation sites excluding steroid dienone is 4. The van der Waals surface area contributed by atoms with Crippen LogP contribution in [0, 0.1) is 6.92 Å². The standard InChI is InChI=1S/C30H31ClN2O5/c1-17-8-4-5-9-20(17)32-26(36)16-38-30-19(31)14-18(15-25(30)37-3)27-28-21(10-6-12-23(28)34)33(2)22-11-7-13-24(35)29(22)27/h4-5,8-9,14-15,27H,6-7,10-13,16H2,1-3H3,(H,32,36). The van der Waals surface area contributed by atoms with Crippen LogP contribution in [0.2, 0.25) is 5.02 Å². The van der Waals surface area contributed by atoms with E-state index in [1.807, 2.05) is 38.2 Å². The molecule has 3 aliphatic rings. The van der Waals surface area contributed by atoms with Crippen LogP contribution in [0.15, 0.2) is 58.9 Å². The van der Waals surface area contributed by atoms with Gasteiger partial charge in [0.2, 0.25) is 0 Å². The van der Waals surface area contributed by atoms with E-state index in [-0.39, 0.29) is 34.9 Å². The van der Waals surface area contributed by atoms with Crippen molar-refractivity contribution in [3.05, 3.63) is 75.1 Å². The molecule has 1 heterocycles. The number of hydrogen-bond acceptors (Lipinski definition) is 6. The number of carbonyl (C=O) groups is 3. The van der Waals surface area contributed by atoms with Gasteiger partial charge in [0.05, 0.1) is 12.1 Å². The molecular weight excluding hydrogens is 504 g/mol. The number of nitrogens with one attached hydrogen (secondary N) is 1. The number of carbonyl (C=O) groups excluding carboxylic acids is 3. The highest BCUT2D eigenvalue weighted by Gasteiger charge is 2.42. The Balaban J connectivity index is 1.48. The second-order valence-electron chi connectivity index (χ2n) is 9.95. The third kappa shape index (κ3) is 4.71. The van der Waals surface area contributed by atoms with E-state index >= 15 is 0 Å². The summed E-state index contributed by atoms with van der Waals surface area (Å²) in [5.74, 6) is -0.124. The van der Waals surface area contributed by atoms with E-state index in [1.165, 1.54) is 7.11 Å². The van der Waals surface area contributed by atoms with Crippen LogP contribution in [0.25, 0.3) is 0 Å². The highest BCUT2D eigenvalue weighted by molar-refractivity contribution is 6.32. The van der Waals surface area contributed by atoms with E-state index in [0.717, 1.165) is 42.6 Å². The van der Waals surface area contributed by atoms with Crippen molar-refractivity contribution in [3.8, 4) is 11.5 Å². The number of hydrogen-bond donors (Lipinski definition) is 1. The Bertz CT molecular complexity index is 1350. The summed E-state index contributed by atoms with van der Waals surface area (Å²) in [7, 11) is 3.46. The van der Waals surface area contributed by atoms with E-state index in [0.29, 0.717) is 41.0 Å². The van der Waals surface area contributed by atoms with Gasteiger partial charge in [0.25, 0.3) is 5.91 Å². The number of halogens is 1. The number of methoxy groups -OCH3 is 1. The van der Waals surface area contributed by atoms with E-state index in [2.05, 4.69) is 10.2 Å². The Morgan fingerprint density at radius 2 is 1.66 bits per heavy atom. The summed E-state index contributed by atoms with van der Waals surface area (Å²) >= 11 is 6.70. The summed E-state index contributed by atoms with van der Waals surface area (Å²) < 4.78 is 11.4. The quantitative estimate of drug-likeness (QED) is 0.510. The van der Waals surface area contributed by atoms with Gasteiger partial charge in [0.15, 0.2) is 29.7 Å². The Labute approximate surface area is 227 Å². The average molecular weight is 535 g/mol. The van der Waals surface area contributed by atoms with Gasteiger partial charge < -0.3 is 19.7 Å². The van der Waals surface area contributed by atoms with Gasteiger partial charge in [0, 0.05) is 54.0 Å². The Kier molecular flexibility index (Phi) is 7.30. The molecule has 0 saturated heterocycles. The molecule has 2 aromatic carbocycles. The number of nitrogens with zero attached hydrogens (tertiary/aromatic N) is 1. The molecule has 0 spiro atoms. The lowest BCUT2D eigenvalue weighted by molar-refractivity contribution is -0.118. The zero-order chi connectivity index (χ0) is 27.0. The van der Waals surface area contributed by atoms with E-state index in [4.69, 9.17) is 21.1 Å². The second kappa shape index (κ2) is 10.7. The van der Waals surface area contributed by atoms with Crippen molar-refractivity contribution in [2.45, 2.75) is 51.4 Å². The number of amides is 1. The van der Waals surface area contributed by atoms with Crippen LogP contribution >= 0.6 is 11.6 Å². The second-order valence-corrected chi connectivity index (χ2v) is 10.4. The molecule has 1 amide bonds. The molecule has 2 aliphatic carbocycles. The fourth-order valence-corrected chi connectivity index (χ4v) is 6.04. The molecule has 198 valence electrons. The minimum absolute atomic E-state index is 0.0660. The molecule has 7 nitrogen and oxygen atoms in total. The van der Waals surface area contributed by atoms with Crippen LogP contribution in [-0.2, 0) is 14.4 Å². The van der Waals surface area contributed by atoms with Crippen molar-refractivity contribution in [1.29, 1.82) is 0 Å². The Hall–Kier alpha value is -3.58. The number of Topliss-reactive ketones (excluding diaryl/α,β-unsaturated/α-hetero) is 2.